The highest BCUT2D eigenvalue weighted by molar-refractivity contribution is 7.89. The number of non-ortho nitro benzene ring substituents is 1. The molecular formula is C18H19N5O4S. The molecule has 28 heavy (non-hydrogen) atoms. The molecule has 0 saturated carbocycles. The van der Waals surface area contributed by atoms with E-state index in [-0.39, 0.29) is 16.6 Å². The summed E-state index contributed by atoms with van der Waals surface area (Å²) in [5.74, 6) is 0. The number of rotatable bonds is 4. The zero-order valence-electron chi connectivity index (χ0n) is 15.2. The molecule has 9 nitrogen and oxygen atoms in total. The van der Waals surface area contributed by atoms with Crippen molar-refractivity contribution < 1.29 is 13.3 Å². The predicted octanol–water partition coefficient (Wildman–Crippen LogP) is 2.67. The van der Waals surface area contributed by atoms with Gasteiger partial charge < -0.3 is 0 Å². The van der Waals surface area contributed by atoms with E-state index in [9.17, 15) is 18.5 Å². The smallest absolute Gasteiger partial charge is 0.258 e. The van der Waals surface area contributed by atoms with Gasteiger partial charge in [0.2, 0.25) is 10.0 Å². The summed E-state index contributed by atoms with van der Waals surface area (Å²) < 4.78 is 29.0. The van der Waals surface area contributed by atoms with Gasteiger partial charge in [-0.1, -0.05) is 17.3 Å². The topological polar surface area (TPSA) is 111 Å². The summed E-state index contributed by atoms with van der Waals surface area (Å²) in [4.78, 5) is 10.3. The molecule has 4 rings (SSSR count). The number of aromatic nitrogens is 3. The van der Waals surface area contributed by atoms with Gasteiger partial charge in [0.25, 0.3) is 5.69 Å². The van der Waals surface area contributed by atoms with Crippen LogP contribution in [0.5, 0.6) is 0 Å². The van der Waals surface area contributed by atoms with Gasteiger partial charge in [-0.05, 0) is 43.5 Å². The van der Waals surface area contributed by atoms with Gasteiger partial charge in [-0.2, -0.15) is 4.31 Å². The van der Waals surface area contributed by atoms with E-state index in [2.05, 4.69) is 10.3 Å². The zero-order valence-corrected chi connectivity index (χ0v) is 16.0. The Labute approximate surface area is 161 Å². The molecule has 1 aliphatic rings. The van der Waals surface area contributed by atoms with Crippen molar-refractivity contribution in [1.29, 1.82) is 0 Å². The SMILES string of the molecule is Cc1ccc2c(c1)nnn2C1CCN(S(=O)(=O)c2cccc([N+](=O)[O-])c2)CC1. The first-order valence-electron chi connectivity index (χ1n) is 8.92. The third kappa shape index (κ3) is 3.25. The quantitative estimate of drug-likeness (QED) is 0.491. The number of nitro groups is 1. The summed E-state index contributed by atoms with van der Waals surface area (Å²) in [5, 5.41) is 19.4. The van der Waals surface area contributed by atoms with Crippen LogP contribution < -0.4 is 0 Å². The maximum Gasteiger partial charge on any atom is 0.270 e. The van der Waals surface area contributed by atoms with Crippen molar-refractivity contribution in [3.8, 4) is 0 Å². The van der Waals surface area contributed by atoms with Gasteiger partial charge in [-0.25, -0.2) is 13.1 Å². The van der Waals surface area contributed by atoms with Crippen molar-refractivity contribution in [2.45, 2.75) is 30.7 Å². The second-order valence-electron chi connectivity index (χ2n) is 6.92. The van der Waals surface area contributed by atoms with Gasteiger partial charge in [0.15, 0.2) is 0 Å². The second-order valence-corrected chi connectivity index (χ2v) is 8.85. The Morgan fingerprint density at radius 2 is 1.89 bits per heavy atom. The van der Waals surface area contributed by atoms with E-state index in [1.807, 2.05) is 29.8 Å². The lowest BCUT2D eigenvalue weighted by atomic mass is 10.1. The molecule has 0 radical (unpaired) electrons. The highest BCUT2D eigenvalue weighted by Gasteiger charge is 2.31. The molecule has 0 bridgehead atoms. The normalized spacial score (nSPS) is 16.5. The monoisotopic (exact) mass is 401 g/mol. The van der Waals surface area contributed by atoms with Crippen LogP contribution in [-0.2, 0) is 10.0 Å². The first kappa shape index (κ1) is 18.5. The van der Waals surface area contributed by atoms with Crippen LogP contribution in [0.2, 0.25) is 0 Å². The van der Waals surface area contributed by atoms with E-state index in [1.165, 1.54) is 22.5 Å². The molecule has 1 aromatic heterocycles. The highest BCUT2D eigenvalue weighted by Crippen LogP contribution is 2.29. The van der Waals surface area contributed by atoms with E-state index in [0.717, 1.165) is 22.7 Å². The third-order valence-corrected chi connectivity index (χ3v) is 6.96. The molecule has 146 valence electrons. The molecule has 1 saturated heterocycles. The molecule has 0 amide bonds. The number of benzene rings is 2. The average Bonchev–Trinajstić information content (AvgIpc) is 3.11. The molecule has 2 aromatic carbocycles. The minimum Gasteiger partial charge on any atom is -0.258 e. The molecule has 2 heterocycles. The molecular weight excluding hydrogens is 382 g/mol. The van der Waals surface area contributed by atoms with E-state index in [1.54, 1.807) is 0 Å². The number of piperidine rings is 1. The molecule has 10 heteroatoms. The lowest BCUT2D eigenvalue weighted by Gasteiger charge is -2.31. The van der Waals surface area contributed by atoms with Gasteiger partial charge >= 0.3 is 0 Å². The zero-order chi connectivity index (χ0) is 19.9. The van der Waals surface area contributed by atoms with Crippen LogP contribution in [0.4, 0.5) is 5.69 Å². The van der Waals surface area contributed by atoms with E-state index < -0.39 is 14.9 Å². The number of aryl methyl sites for hydroxylation is 1. The Morgan fingerprint density at radius 1 is 1.14 bits per heavy atom. The second kappa shape index (κ2) is 6.95. The van der Waals surface area contributed by atoms with Crippen LogP contribution in [0.15, 0.2) is 47.4 Å². The number of nitro benzene ring substituents is 1. The maximum atomic E-state index is 12.9. The first-order chi connectivity index (χ1) is 13.4. The minimum absolute atomic E-state index is 0.0539. The fourth-order valence-corrected chi connectivity index (χ4v) is 5.07. The Balaban J connectivity index is 1.53. The van der Waals surface area contributed by atoms with Crippen molar-refractivity contribution in [3.05, 3.63) is 58.1 Å². The van der Waals surface area contributed by atoms with E-state index in [4.69, 9.17) is 0 Å². The van der Waals surface area contributed by atoms with Crippen LogP contribution in [0.25, 0.3) is 11.0 Å². The van der Waals surface area contributed by atoms with Crippen molar-refractivity contribution >= 4 is 26.7 Å². The molecule has 1 aliphatic heterocycles. The molecule has 0 atom stereocenters. The molecule has 0 aliphatic carbocycles. The number of nitrogens with zero attached hydrogens (tertiary/aromatic N) is 5. The number of hydrogen-bond donors (Lipinski definition) is 0. The van der Waals surface area contributed by atoms with Gasteiger partial charge in [0.05, 0.1) is 21.4 Å². The summed E-state index contributed by atoms with van der Waals surface area (Å²) in [6, 6.07) is 11.2. The van der Waals surface area contributed by atoms with Crippen LogP contribution in [0.3, 0.4) is 0 Å². The molecule has 0 unspecified atom stereocenters. The molecule has 1 fully saturated rings. The Hall–Kier alpha value is -2.85. The van der Waals surface area contributed by atoms with Crippen molar-refractivity contribution in [3.63, 3.8) is 0 Å². The Bertz CT molecular complexity index is 1150. The summed E-state index contributed by atoms with van der Waals surface area (Å²) in [6.45, 7) is 2.64. The van der Waals surface area contributed by atoms with Crippen molar-refractivity contribution in [2.24, 2.45) is 0 Å². The van der Waals surface area contributed by atoms with E-state index in [0.29, 0.717) is 25.9 Å². The fourth-order valence-electron chi connectivity index (χ4n) is 3.56. The third-order valence-electron chi connectivity index (χ3n) is 5.06. The molecule has 0 spiro atoms. The van der Waals surface area contributed by atoms with Crippen molar-refractivity contribution in [2.75, 3.05) is 13.1 Å². The van der Waals surface area contributed by atoms with Gasteiger partial charge in [0, 0.05) is 25.2 Å². The number of sulfonamides is 1. The Morgan fingerprint density at radius 3 is 2.61 bits per heavy atom. The molecule has 0 N–H and O–H groups in total. The summed E-state index contributed by atoms with van der Waals surface area (Å²) in [5.41, 5.74) is 2.63. The summed E-state index contributed by atoms with van der Waals surface area (Å²) in [7, 11) is -3.77. The van der Waals surface area contributed by atoms with Crippen LogP contribution in [-0.4, -0.2) is 45.7 Å². The van der Waals surface area contributed by atoms with Gasteiger partial charge in [-0.15, -0.1) is 5.10 Å². The highest BCUT2D eigenvalue weighted by atomic mass is 32.2. The molecule has 3 aromatic rings. The Kier molecular flexibility index (Phi) is 4.60. The summed E-state index contributed by atoms with van der Waals surface area (Å²) >= 11 is 0. The minimum atomic E-state index is -3.77. The largest absolute Gasteiger partial charge is 0.270 e. The number of hydrogen-bond acceptors (Lipinski definition) is 6. The van der Waals surface area contributed by atoms with Gasteiger partial charge in [0.1, 0.15) is 5.52 Å². The average molecular weight is 401 g/mol. The first-order valence-corrected chi connectivity index (χ1v) is 10.4. The van der Waals surface area contributed by atoms with Crippen LogP contribution >= 0.6 is 0 Å². The van der Waals surface area contributed by atoms with Crippen LogP contribution in [0, 0.1) is 17.0 Å². The predicted molar refractivity (Wildman–Crippen MR) is 102 cm³/mol. The fraction of sp³-hybridized carbons (Fsp3) is 0.333. The van der Waals surface area contributed by atoms with E-state index >= 15 is 0 Å². The number of fused-ring (bicyclic) bond motifs is 1. The lowest BCUT2D eigenvalue weighted by molar-refractivity contribution is -0.385. The van der Waals surface area contributed by atoms with Crippen molar-refractivity contribution in [1.82, 2.24) is 19.3 Å². The lowest BCUT2D eigenvalue weighted by Crippen LogP contribution is -2.39. The maximum absolute atomic E-state index is 12.9. The van der Waals surface area contributed by atoms with Gasteiger partial charge in [-0.3, -0.25) is 10.1 Å². The van der Waals surface area contributed by atoms with Crippen LogP contribution in [0.1, 0.15) is 24.4 Å². The summed E-state index contributed by atoms with van der Waals surface area (Å²) in [6.07, 6.45) is 1.20. The standard InChI is InChI=1S/C18H19N5O4S/c1-13-5-6-18-17(11-13)19-20-22(18)14-7-9-21(10-8-14)28(26,27)16-4-2-3-15(12-16)23(24)25/h2-6,11-12,14H,7-10H2,1H3.